The number of aromatic nitrogens is 2. The standard InChI is InChI=1S/C9H16N2.C4H11O3P/c1-3-5-6-8-7-10-9(4-2)11-8;1-2-3-4-7-8(5)6/h7H,3-6H2,1-2H3,(H,10,11);5-6H,2-4H2,1H3. The summed E-state index contributed by atoms with van der Waals surface area (Å²) in [5.41, 5.74) is 1.28. The Hall–Kier alpha value is -0.480. The molecular formula is C13H27N2O3P. The molecule has 0 aromatic carbocycles. The zero-order valence-electron chi connectivity index (χ0n) is 12.2. The molecule has 0 aliphatic heterocycles. The molecular weight excluding hydrogens is 263 g/mol. The summed E-state index contributed by atoms with van der Waals surface area (Å²) in [6.07, 6.45) is 8.51. The van der Waals surface area contributed by atoms with E-state index >= 15 is 0 Å². The SMILES string of the molecule is CCCCOP(O)O.CCCCc1cnc(CC)[nH]1. The monoisotopic (exact) mass is 290 g/mol. The van der Waals surface area contributed by atoms with Crippen molar-refractivity contribution in [1.82, 2.24) is 9.97 Å². The molecule has 6 heteroatoms. The van der Waals surface area contributed by atoms with Crippen molar-refractivity contribution in [3.8, 4) is 0 Å². The quantitative estimate of drug-likeness (QED) is 0.507. The van der Waals surface area contributed by atoms with Crippen LogP contribution in [-0.2, 0) is 17.4 Å². The van der Waals surface area contributed by atoms with E-state index < -0.39 is 8.60 Å². The van der Waals surface area contributed by atoms with E-state index in [9.17, 15) is 0 Å². The van der Waals surface area contributed by atoms with Gasteiger partial charge in [0.25, 0.3) is 0 Å². The van der Waals surface area contributed by atoms with Crippen LogP contribution < -0.4 is 0 Å². The van der Waals surface area contributed by atoms with E-state index in [4.69, 9.17) is 9.79 Å². The predicted octanol–water partition coefficient (Wildman–Crippen LogP) is 3.33. The number of hydrogen-bond acceptors (Lipinski definition) is 4. The van der Waals surface area contributed by atoms with Gasteiger partial charge in [0.15, 0.2) is 0 Å². The molecule has 1 heterocycles. The van der Waals surface area contributed by atoms with Gasteiger partial charge >= 0.3 is 8.60 Å². The number of unbranched alkanes of at least 4 members (excludes halogenated alkanes) is 2. The van der Waals surface area contributed by atoms with Crippen molar-refractivity contribution in [2.24, 2.45) is 0 Å². The maximum Gasteiger partial charge on any atom is 0.327 e. The van der Waals surface area contributed by atoms with Crippen molar-refractivity contribution in [1.29, 1.82) is 0 Å². The molecule has 1 rings (SSSR count). The third kappa shape index (κ3) is 11.1. The molecule has 0 radical (unpaired) electrons. The van der Waals surface area contributed by atoms with Crippen LogP contribution in [0.15, 0.2) is 6.20 Å². The zero-order valence-corrected chi connectivity index (χ0v) is 13.1. The predicted molar refractivity (Wildman–Crippen MR) is 78.8 cm³/mol. The average molecular weight is 290 g/mol. The third-order valence-electron chi connectivity index (χ3n) is 2.52. The largest absolute Gasteiger partial charge is 0.346 e. The minimum Gasteiger partial charge on any atom is -0.346 e. The van der Waals surface area contributed by atoms with Gasteiger partial charge in [0, 0.05) is 18.3 Å². The fourth-order valence-corrected chi connectivity index (χ4v) is 1.66. The van der Waals surface area contributed by atoms with Crippen LogP contribution >= 0.6 is 8.60 Å². The molecule has 0 amide bonds. The molecule has 0 bridgehead atoms. The van der Waals surface area contributed by atoms with Gasteiger partial charge in [-0.3, -0.25) is 0 Å². The Balaban J connectivity index is 0.000000362. The number of rotatable bonds is 8. The van der Waals surface area contributed by atoms with E-state index in [1.807, 2.05) is 13.1 Å². The van der Waals surface area contributed by atoms with Crippen molar-refractivity contribution < 1.29 is 14.3 Å². The lowest BCUT2D eigenvalue weighted by Crippen LogP contribution is -1.86. The maximum absolute atomic E-state index is 8.18. The van der Waals surface area contributed by atoms with Gasteiger partial charge in [0.1, 0.15) is 5.82 Å². The molecule has 0 saturated heterocycles. The number of hydrogen-bond donors (Lipinski definition) is 3. The van der Waals surface area contributed by atoms with Gasteiger partial charge in [0.2, 0.25) is 0 Å². The average Bonchev–Trinajstić information content (AvgIpc) is 2.85. The molecule has 1 aromatic rings. The molecule has 0 saturated carbocycles. The first kappa shape index (κ1) is 18.5. The Morgan fingerprint density at radius 3 is 2.37 bits per heavy atom. The van der Waals surface area contributed by atoms with Gasteiger partial charge in [0.05, 0.1) is 6.61 Å². The maximum atomic E-state index is 8.18. The van der Waals surface area contributed by atoms with E-state index in [-0.39, 0.29) is 0 Å². The molecule has 5 nitrogen and oxygen atoms in total. The molecule has 1 aromatic heterocycles. The molecule has 0 aliphatic carbocycles. The second-order valence-electron chi connectivity index (χ2n) is 4.25. The fraction of sp³-hybridized carbons (Fsp3) is 0.769. The summed E-state index contributed by atoms with van der Waals surface area (Å²) in [7, 11) is -2.11. The molecule has 0 fully saturated rings. The Morgan fingerprint density at radius 1 is 1.21 bits per heavy atom. The van der Waals surface area contributed by atoms with Crippen LogP contribution in [0.1, 0.15) is 58.0 Å². The van der Waals surface area contributed by atoms with Crippen LogP contribution in [0, 0.1) is 0 Å². The van der Waals surface area contributed by atoms with Crippen molar-refractivity contribution in [3.05, 3.63) is 17.7 Å². The van der Waals surface area contributed by atoms with Crippen molar-refractivity contribution in [2.45, 2.75) is 59.3 Å². The molecule has 19 heavy (non-hydrogen) atoms. The number of aromatic amines is 1. The van der Waals surface area contributed by atoms with E-state index in [1.54, 1.807) is 0 Å². The lowest BCUT2D eigenvalue weighted by atomic mass is 10.2. The summed E-state index contributed by atoms with van der Waals surface area (Å²) < 4.78 is 4.46. The summed E-state index contributed by atoms with van der Waals surface area (Å²) in [5.74, 6) is 1.11. The second kappa shape index (κ2) is 12.5. The van der Waals surface area contributed by atoms with Gasteiger partial charge in [-0.25, -0.2) is 4.98 Å². The smallest absolute Gasteiger partial charge is 0.327 e. The van der Waals surface area contributed by atoms with Crippen molar-refractivity contribution in [2.75, 3.05) is 6.61 Å². The van der Waals surface area contributed by atoms with Gasteiger partial charge in [-0.05, 0) is 19.3 Å². The highest BCUT2D eigenvalue weighted by Crippen LogP contribution is 2.24. The zero-order chi connectivity index (χ0) is 14.5. The minimum atomic E-state index is -2.11. The van der Waals surface area contributed by atoms with E-state index in [1.165, 1.54) is 18.5 Å². The van der Waals surface area contributed by atoms with Crippen molar-refractivity contribution >= 4 is 8.60 Å². The lowest BCUT2D eigenvalue weighted by Gasteiger charge is -1.99. The summed E-state index contributed by atoms with van der Waals surface area (Å²) in [4.78, 5) is 23.9. The number of H-pyrrole nitrogens is 1. The highest BCUT2D eigenvalue weighted by atomic mass is 31.2. The van der Waals surface area contributed by atoms with Crippen LogP contribution in [0.3, 0.4) is 0 Å². The molecule has 0 unspecified atom stereocenters. The highest BCUT2D eigenvalue weighted by Gasteiger charge is 1.96. The topological polar surface area (TPSA) is 78.4 Å². The summed E-state index contributed by atoms with van der Waals surface area (Å²) in [5, 5.41) is 0. The van der Waals surface area contributed by atoms with Gasteiger partial charge in [-0.15, -0.1) is 0 Å². The fourth-order valence-electron chi connectivity index (χ4n) is 1.37. The van der Waals surface area contributed by atoms with E-state index in [2.05, 4.69) is 28.3 Å². The Kier molecular flexibility index (Phi) is 12.2. The third-order valence-corrected chi connectivity index (χ3v) is 2.93. The number of nitrogens with zero attached hydrogens (tertiary/aromatic N) is 1. The van der Waals surface area contributed by atoms with Gasteiger partial charge in [-0.2, -0.15) is 0 Å². The lowest BCUT2D eigenvalue weighted by molar-refractivity contribution is 0.251. The summed E-state index contributed by atoms with van der Waals surface area (Å²) >= 11 is 0. The molecule has 3 N–H and O–H groups in total. The number of aryl methyl sites for hydroxylation is 2. The van der Waals surface area contributed by atoms with Crippen LogP contribution in [0.4, 0.5) is 0 Å². The molecule has 0 aliphatic rings. The number of nitrogens with one attached hydrogen (secondary N) is 1. The second-order valence-corrected chi connectivity index (χ2v) is 5.02. The first-order valence-corrected chi connectivity index (χ1v) is 8.14. The van der Waals surface area contributed by atoms with Gasteiger partial charge in [-0.1, -0.05) is 33.6 Å². The number of imidazole rings is 1. The molecule has 0 spiro atoms. The Labute approximate surface area is 117 Å². The van der Waals surface area contributed by atoms with Gasteiger partial charge < -0.3 is 19.3 Å². The first-order chi connectivity index (χ1) is 9.13. The normalized spacial score (nSPS) is 10.4. The molecule has 112 valence electrons. The van der Waals surface area contributed by atoms with E-state index in [0.29, 0.717) is 6.61 Å². The first-order valence-electron chi connectivity index (χ1n) is 6.97. The van der Waals surface area contributed by atoms with Crippen LogP contribution in [-0.4, -0.2) is 26.4 Å². The molecule has 0 atom stereocenters. The van der Waals surface area contributed by atoms with Crippen molar-refractivity contribution in [3.63, 3.8) is 0 Å². The minimum absolute atomic E-state index is 0.454. The summed E-state index contributed by atoms with van der Waals surface area (Å²) in [6, 6.07) is 0. The van der Waals surface area contributed by atoms with Crippen LogP contribution in [0.5, 0.6) is 0 Å². The summed E-state index contributed by atoms with van der Waals surface area (Å²) in [6.45, 7) is 6.79. The highest BCUT2D eigenvalue weighted by molar-refractivity contribution is 7.39. The van der Waals surface area contributed by atoms with Crippen LogP contribution in [0.2, 0.25) is 0 Å². The van der Waals surface area contributed by atoms with E-state index in [0.717, 1.165) is 31.5 Å². The van der Waals surface area contributed by atoms with Crippen LogP contribution in [0.25, 0.3) is 0 Å². The Bertz CT molecular complexity index is 306. The Morgan fingerprint density at radius 2 is 1.89 bits per heavy atom.